The summed E-state index contributed by atoms with van der Waals surface area (Å²) in [5.74, 6) is 2.50. The van der Waals surface area contributed by atoms with Gasteiger partial charge in [0.25, 0.3) is 0 Å². The zero-order valence-electron chi connectivity index (χ0n) is 13.1. The Bertz CT molecular complexity index is 503. The van der Waals surface area contributed by atoms with Crippen LogP contribution in [-0.4, -0.2) is 41.8 Å². The Morgan fingerprint density at radius 3 is 2.90 bits per heavy atom. The molecule has 2 fully saturated rings. The molecule has 0 radical (unpaired) electrons. The van der Waals surface area contributed by atoms with Crippen molar-refractivity contribution in [3.63, 3.8) is 0 Å². The molecule has 3 rings (SSSR count). The summed E-state index contributed by atoms with van der Waals surface area (Å²) >= 11 is 0. The van der Waals surface area contributed by atoms with Crippen molar-refractivity contribution in [1.82, 2.24) is 9.97 Å². The predicted octanol–water partition coefficient (Wildman–Crippen LogP) is 2.21. The van der Waals surface area contributed by atoms with Crippen LogP contribution in [0.25, 0.3) is 0 Å². The molecular weight excluding hydrogens is 264 g/mol. The van der Waals surface area contributed by atoms with Gasteiger partial charge in [-0.2, -0.15) is 4.98 Å². The third-order valence-corrected chi connectivity index (χ3v) is 4.80. The molecule has 21 heavy (non-hydrogen) atoms. The Hall–Kier alpha value is -1.36. The van der Waals surface area contributed by atoms with Gasteiger partial charge in [-0.1, -0.05) is 12.8 Å². The second kappa shape index (κ2) is 5.79. The standard InChI is InChI=1S/C16H26N4O/c1-12-8-14(19-15(17-2)18-12)20-7-3-6-16(10-20,11-21)9-13-4-5-13/h8,13,21H,3-7,9-11H2,1-2H3,(H,17,18,19)/t16-/m0/s1. The largest absolute Gasteiger partial charge is 0.396 e. The number of hydrogen-bond donors (Lipinski definition) is 2. The fraction of sp³-hybridized carbons (Fsp3) is 0.750. The lowest BCUT2D eigenvalue weighted by atomic mass is 9.76. The molecule has 2 heterocycles. The van der Waals surface area contributed by atoms with E-state index in [1.54, 1.807) is 0 Å². The first-order valence-electron chi connectivity index (χ1n) is 8.03. The highest BCUT2D eigenvalue weighted by Gasteiger charge is 2.40. The van der Waals surface area contributed by atoms with Gasteiger partial charge in [0.1, 0.15) is 5.82 Å². The van der Waals surface area contributed by atoms with E-state index in [2.05, 4.69) is 20.2 Å². The van der Waals surface area contributed by atoms with Gasteiger partial charge in [-0.05, 0) is 32.1 Å². The lowest BCUT2D eigenvalue weighted by Crippen LogP contribution is -2.46. The number of hydrogen-bond acceptors (Lipinski definition) is 5. The van der Waals surface area contributed by atoms with Gasteiger partial charge in [0.05, 0.1) is 6.61 Å². The quantitative estimate of drug-likeness (QED) is 0.870. The summed E-state index contributed by atoms with van der Waals surface area (Å²) in [6, 6.07) is 2.05. The Balaban J connectivity index is 1.79. The minimum Gasteiger partial charge on any atom is -0.396 e. The third-order valence-electron chi connectivity index (χ3n) is 4.80. The molecule has 5 nitrogen and oxygen atoms in total. The monoisotopic (exact) mass is 290 g/mol. The number of nitrogens with one attached hydrogen (secondary N) is 1. The van der Waals surface area contributed by atoms with E-state index in [9.17, 15) is 5.11 Å². The van der Waals surface area contributed by atoms with E-state index >= 15 is 0 Å². The molecule has 0 unspecified atom stereocenters. The molecule has 0 bridgehead atoms. The van der Waals surface area contributed by atoms with Crippen molar-refractivity contribution in [2.24, 2.45) is 11.3 Å². The van der Waals surface area contributed by atoms with E-state index in [1.165, 1.54) is 19.3 Å². The normalized spacial score (nSPS) is 26.0. The van der Waals surface area contributed by atoms with Crippen molar-refractivity contribution >= 4 is 11.8 Å². The van der Waals surface area contributed by atoms with Gasteiger partial charge >= 0.3 is 0 Å². The molecule has 0 amide bonds. The van der Waals surface area contributed by atoms with Gasteiger partial charge in [0.2, 0.25) is 5.95 Å². The molecule has 5 heteroatoms. The number of aryl methyl sites for hydroxylation is 1. The SMILES string of the molecule is CNc1nc(C)cc(N2CCC[C@](CO)(CC3CC3)C2)n1. The first-order valence-corrected chi connectivity index (χ1v) is 8.03. The van der Waals surface area contributed by atoms with Crippen LogP contribution in [0.2, 0.25) is 0 Å². The fourth-order valence-electron chi connectivity index (χ4n) is 3.52. The van der Waals surface area contributed by atoms with Crippen LogP contribution < -0.4 is 10.2 Å². The number of nitrogens with zero attached hydrogens (tertiary/aromatic N) is 3. The van der Waals surface area contributed by atoms with Gasteiger partial charge in [-0.15, -0.1) is 0 Å². The van der Waals surface area contributed by atoms with E-state index in [4.69, 9.17) is 0 Å². The molecule has 1 saturated carbocycles. The molecule has 1 aliphatic carbocycles. The Kier molecular flexibility index (Phi) is 4.02. The van der Waals surface area contributed by atoms with Crippen LogP contribution in [0.1, 0.15) is 37.8 Å². The topological polar surface area (TPSA) is 61.3 Å². The molecule has 116 valence electrons. The van der Waals surface area contributed by atoms with E-state index < -0.39 is 0 Å². The lowest BCUT2D eigenvalue weighted by molar-refractivity contribution is 0.0901. The Morgan fingerprint density at radius 2 is 2.24 bits per heavy atom. The molecule has 2 aliphatic rings. The maximum atomic E-state index is 9.97. The summed E-state index contributed by atoms with van der Waals surface area (Å²) in [5.41, 5.74) is 1.05. The van der Waals surface area contributed by atoms with E-state index in [0.29, 0.717) is 12.6 Å². The molecular formula is C16H26N4O. The van der Waals surface area contributed by atoms with E-state index in [1.807, 2.05) is 20.0 Å². The van der Waals surface area contributed by atoms with Crippen LogP contribution in [0.3, 0.4) is 0 Å². The number of aliphatic hydroxyl groups excluding tert-OH is 1. The fourth-order valence-corrected chi connectivity index (χ4v) is 3.52. The highest BCUT2D eigenvalue weighted by Crippen LogP contribution is 2.44. The number of rotatable bonds is 5. The highest BCUT2D eigenvalue weighted by atomic mass is 16.3. The highest BCUT2D eigenvalue weighted by molar-refractivity contribution is 5.45. The molecule has 0 aromatic carbocycles. The molecule has 1 aromatic heterocycles. The van der Waals surface area contributed by atoms with Crippen LogP contribution in [0.4, 0.5) is 11.8 Å². The maximum absolute atomic E-state index is 9.97. The van der Waals surface area contributed by atoms with Crippen LogP contribution >= 0.6 is 0 Å². The summed E-state index contributed by atoms with van der Waals surface area (Å²) in [5, 5.41) is 13.0. The predicted molar refractivity (Wildman–Crippen MR) is 84.6 cm³/mol. The van der Waals surface area contributed by atoms with Gasteiger partial charge in [-0.25, -0.2) is 4.98 Å². The van der Waals surface area contributed by atoms with Crippen molar-refractivity contribution in [1.29, 1.82) is 0 Å². The molecule has 1 saturated heterocycles. The second-order valence-corrected chi connectivity index (χ2v) is 6.77. The minimum absolute atomic E-state index is 0.0675. The van der Waals surface area contributed by atoms with Gasteiger partial charge in [0, 0.05) is 37.3 Å². The number of aliphatic hydroxyl groups is 1. The Labute approximate surface area is 126 Å². The summed E-state index contributed by atoms with van der Waals surface area (Å²) in [4.78, 5) is 11.3. The summed E-state index contributed by atoms with van der Waals surface area (Å²) in [6.07, 6.45) is 6.13. The second-order valence-electron chi connectivity index (χ2n) is 6.77. The summed E-state index contributed by atoms with van der Waals surface area (Å²) < 4.78 is 0. The van der Waals surface area contributed by atoms with Crippen LogP contribution in [0, 0.1) is 18.3 Å². The zero-order chi connectivity index (χ0) is 14.9. The first kappa shape index (κ1) is 14.6. The molecule has 1 aromatic rings. The number of aromatic nitrogens is 2. The third kappa shape index (κ3) is 3.28. The number of piperidine rings is 1. The minimum atomic E-state index is 0.0675. The van der Waals surface area contributed by atoms with Crippen LogP contribution in [0.5, 0.6) is 0 Å². The maximum Gasteiger partial charge on any atom is 0.224 e. The average molecular weight is 290 g/mol. The summed E-state index contributed by atoms with van der Waals surface area (Å²) in [7, 11) is 1.85. The van der Waals surface area contributed by atoms with Crippen LogP contribution in [-0.2, 0) is 0 Å². The average Bonchev–Trinajstić information content (AvgIpc) is 3.30. The van der Waals surface area contributed by atoms with Crippen molar-refractivity contribution in [3.8, 4) is 0 Å². The van der Waals surface area contributed by atoms with Gasteiger partial charge in [0.15, 0.2) is 0 Å². The smallest absolute Gasteiger partial charge is 0.224 e. The van der Waals surface area contributed by atoms with Crippen molar-refractivity contribution in [2.75, 3.05) is 37.0 Å². The van der Waals surface area contributed by atoms with Crippen molar-refractivity contribution < 1.29 is 5.11 Å². The van der Waals surface area contributed by atoms with Gasteiger partial charge < -0.3 is 15.3 Å². The summed E-state index contributed by atoms with van der Waals surface area (Å²) in [6.45, 7) is 4.23. The van der Waals surface area contributed by atoms with Gasteiger partial charge in [-0.3, -0.25) is 0 Å². The molecule has 1 atom stereocenters. The molecule has 0 spiro atoms. The van der Waals surface area contributed by atoms with Crippen LogP contribution in [0.15, 0.2) is 6.07 Å². The van der Waals surface area contributed by atoms with E-state index in [0.717, 1.165) is 43.4 Å². The molecule has 1 aliphatic heterocycles. The van der Waals surface area contributed by atoms with Crippen molar-refractivity contribution in [3.05, 3.63) is 11.8 Å². The lowest BCUT2D eigenvalue weighted by Gasteiger charge is -2.42. The Morgan fingerprint density at radius 1 is 1.43 bits per heavy atom. The van der Waals surface area contributed by atoms with E-state index in [-0.39, 0.29) is 5.41 Å². The molecule has 2 N–H and O–H groups in total. The first-order chi connectivity index (χ1) is 10.1. The number of anilines is 2. The van der Waals surface area contributed by atoms with Crippen molar-refractivity contribution in [2.45, 2.75) is 39.0 Å². The zero-order valence-corrected chi connectivity index (χ0v) is 13.1.